The second-order valence-corrected chi connectivity index (χ2v) is 7.99. The van der Waals surface area contributed by atoms with Gasteiger partial charge >= 0.3 is 12.0 Å². The number of carbonyl (C=O) groups excluding carboxylic acids is 3. The second-order valence-electron chi connectivity index (χ2n) is 6.88. The lowest BCUT2D eigenvalue weighted by Crippen LogP contribution is -2.38. The van der Waals surface area contributed by atoms with Crippen LogP contribution in [0.3, 0.4) is 0 Å². The number of benzene rings is 2. The minimum Gasteiger partial charge on any atom is -0.478 e. The van der Waals surface area contributed by atoms with Crippen LogP contribution in [0.2, 0.25) is 0 Å². The summed E-state index contributed by atoms with van der Waals surface area (Å²) in [7, 11) is 0. The van der Waals surface area contributed by atoms with Gasteiger partial charge in [0.15, 0.2) is 0 Å². The van der Waals surface area contributed by atoms with E-state index in [1.54, 1.807) is 48.5 Å². The van der Waals surface area contributed by atoms with Crippen molar-refractivity contribution < 1.29 is 24.3 Å². The molecule has 4 amide bonds. The summed E-state index contributed by atoms with van der Waals surface area (Å²) in [4.78, 5) is 50.5. The van der Waals surface area contributed by atoms with E-state index in [0.717, 1.165) is 20.2 Å². The number of nitrogens with one attached hydrogen (secondary N) is 2. The molecule has 1 aliphatic heterocycles. The van der Waals surface area contributed by atoms with Crippen LogP contribution in [0.4, 0.5) is 10.5 Å². The van der Waals surface area contributed by atoms with Crippen LogP contribution < -0.4 is 10.6 Å². The maximum atomic E-state index is 12.6. The zero-order chi connectivity index (χ0) is 22.7. The van der Waals surface area contributed by atoms with Crippen molar-refractivity contribution in [3.05, 3.63) is 82.9 Å². The number of thiophene rings is 1. The molecule has 0 bridgehead atoms. The molecule has 4 rings (SSSR count). The molecule has 0 spiro atoms. The monoisotopic (exact) mass is 447 g/mol. The van der Waals surface area contributed by atoms with E-state index in [2.05, 4.69) is 10.6 Å². The van der Waals surface area contributed by atoms with Gasteiger partial charge < -0.3 is 15.7 Å². The number of hydrogen-bond acceptors (Lipinski definition) is 5. The number of carboxylic acid groups (broad SMARTS) is 1. The molecule has 3 aromatic rings. The Hall–Kier alpha value is -4.24. The van der Waals surface area contributed by atoms with Gasteiger partial charge in [0, 0.05) is 15.4 Å². The molecule has 32 heavy (non-hydrogen) atoms. The zero-order valence-corrected chi connectivity index (χ0v) is 17.4. The van der Waals surface area contributed by atoms with Gasteiger partial charge in [-0.2, -0.15) is 0 Å². The summed E-state index contributed by atoms with van der Waals surface area (Å²) in [6, 6.07) is 18.2. The van der Waals surface area contributed by atoms with Crippen LogP contribution in [-0.2, 0) is 9.59 Å². The molecule has 1 aromatic heterocycles. The summed E-state index contributed by atoms with van der Waals surface area (Å²) >= 11 is 1.38. The first kappa shape index (κ1) is 21.0. The SMILES string of the molecule is O=C(CN1C(=O)NC(=Cc2ccc(-c3ccc(C(=O)O)cc3)s2)C1=O)Nc1ccccc1. The van der Waals surface area contributed by atoms with Crippen LogP contribution in [0, 0.1) is 0 Å². The fourth-order valence-electron chi connectivity index (χ4n) is 3.09. The number of para-hydroxylation sites is 1. The van der Waals surface area contributed by atoms with Crippen LogP contribution in [0.5, 0.6) is 0 Å². The molecule has 1 aliphatic rings. The molecular weight excluding hydrogens is 430 g/mol. The number of imide groups is 1. The summed E-state index contributed by atoms with van der Waals surface area (Å²) in [5.74, 6) is -2.06. The predicted octanol–water partition coefficient (Wildman–Crippen LogP) is 3.64. The summed E-state index contributed by atoms with van der Waals surface area (Å²) in [5, 5.41) is 14.1. The third kappa shape index (κ3) is 4.57. The van der Waals surface area contributed by atoms with E-state index < -0.39 is 30.4 Å². The van der Waals surface area contributed by atoms with Gasteiger partial charge in [-0.05, 0) is 48.0 Å². The predicted molar refractivity (Wildman–Crippen MR) is 120 cm³/mol. The lowest BCUT2D eigenvalue weighted by molar-refractivity contribution is -0.127. The van der Waals surface area contributed by atoms with Gasteiger partial charge in [-0.1, -0.05) is 30.3 Å². The number of amides is 4. The Kier molecular flexibility index (Phi) is 5.82. The summed E-state index contributed by atoms with van der Waals surface area (Å²) in [6.45, 7) is -0.400. The van der Waals surface area contributed by atoms with Crippen molar-refractivity contribution in [2.45, 2.75) is 0 Å². The smallest absolute Gasteiger partial charge is 0.335 e. The fourth-order valence-corrected chi connectivity index (χ4v) is 4.04. The Balaban J connectivity index is 1.45. The average molecular weight is 447 g/mol. The number of aromatic carboxylic acids is 1. The Morgan fingerprint density at radius 3 is 2.41 bits per heavy atom. The molecule has 1 saturated heterocycles. The first-order valence-electron chi connectivity index (χ1n) is 9.54. The first-order chi connectivity index (χ1) is 15.4. The molecule has 2 heterocycles. The highest BCUT2D eigenvalue weighted by molar-refractivity contribution is 7.16. The molecule has 3 N–H and O–H groups in total. The minimum absolute atomic E-state index is 0.0807. The zero-order valence-electron chi connectivity index (χ0n) is 16.6. The number of rotatable bonds is 6. The maximum Gasteiger partial charge on any atom is 0.335 e. The Morgan fingerprint density at radius 1 is 1.00 bits per heavy atom. The minimum atomic E-state index is -0.995. The lowest BCUT2D eigenvalue weighted by atomic mass is 10.1. The summed E-state index contributed by atoms with van der Waals surface area (Å²) < 4.78 is 0. The highest BCUT2D eigenvalue weighted by Gasteiger charge is 2.35. The fraction of sp³-hybridized carbons (Fsp3) is 0.0435. The highest BCUT2D eigenvalue weighted by atomic mass is 32.1. The van der Waals surface area contributed by atoms with Gasteiger partial charge in [-0.25, -0.2) is 14.5 Å². The van der Waals surface area contributed by atoms with Gasteiger partial charge in [0.2, 0.25) is 5.91 Å². The molecule has 0 saturated carbocycles. The van der Waals surface area contributed by atoms with Gasteiger partial charge in [0.25, 0.3) is 5.91 Å². The maximum absolute atomic E-state index is 12.6. The van der Waals surface area contributed by atoms with E-state index >= 15 is 0 Å². The van der Waals surface area contributed by atoms with Crippen molar-refractivity contribution in [2.75, 3.05) is 11.9 Å². The molecule has 2 aromatic carbocycles. The van der Waals surface area contributed by atoms with Crippen LogP contribution in [-0.4, -0.2) is 40.4 Å². The third-order valence-electron chi connectivity index (χ3n) is 4.65. The van der Waals surface area contributed by atoms with Crippen molar-refractivity contribution in [1.82, 2.24) is 10.2 Å². The van der Waals surface area contributed by atoms with Gasteiger partial charge in [-0.3, -0.25) is 9.59 Å². The van der Waals surface area contributed by atoms with E-state index in [9.17, 15) is 19.2 Å². The normalized spacial score (nSPS) is 14.5. The van der Waals surface area contributed by atoms with Crippen LogP contribution in [0.15, 0.2) is 72.4 Å². The molecule has 0 atom stereocenters. The van der Waals surface area contributed by atoms with Crippen molar-refractivity contribution in [1.29, 1.82) is 0 Å². The summed E-state index contributed by atoms with van der Waals surface area (Å²) in [6.07, 6.45) is 1.55. The van der Waals surface area contributed by atoms with Gasteiger partial charge in [0.05, 0.1) is 5.56 Å². The van der Waals surface area contributed by atoms with Crippen molar-refractivity contribution in [3.8, 4) is 10.4 Å². The van der Waals surface area contributed by atoms with Gasteiger partial charge in [-0.15, -0.1) is 11.3 Å². The number of urea groups is 1. The van der Waals surface area contributed by atoms with E-state index in [0.29, 0.717) is 5.69 Å². The molecule has 0 radical (unpaired) electrons. The highest BCUT2D eigenvalue weighted by Crippen LogP contribution is 2.30. The number of carbonyl (C=O) groups is 4. The Bertz CT molecular complexity index is 1230. The number of carboxylic acids is 1. The average Bonchev–Trinajstić information content (AvgIpc) is 3.35. The second kappa shape index (κ2) is 8.86. The third-order valence-corrected chi connectivity index (χ3v) is 5.73. The molecular formula is C23H17N3O5S. The van der Waals surface area contributed by atoms with Crippen molar-refractivity contribution in [3.63, 3.8) is 0 Å². The first-order valence-corrected chi connectivity index (χ1v) is 10.4. The van der Waals surface area contributed by atoms with Crippen LogP contribution in [0.1, 0.15) is 15.2 Å². The van der Waals surface area contributed by atoms with Crippen LogP contribution >= 0.6 is 11.3 Å². The number of hydrogen-bond donors (Lipinski definition) is 3. The Labute approximate surface area is 186 Å². The van der Waals surface area contributed by atoms with Crippen molar-refractivity contribution >= 4 is 46.9 Å². The molecule has 0 aliphatic carbocycles. The van der Waals surface area contributed by atoms with E-state index in [1.165, 1.54) is 23.5 Å². The number of nitrogens with zero attached hydrogens (tertiary/aromatic N) is 1. The standard InChI is InChI=1S/C23H17N3O5S/c27-20(24-16-4-2-1-3-5-16)13-26-21(28)18(25-23(26)31)12-17-10-11-19(32-17)14-6-8-15(9-7-14)22(29)30/h1-12H,13H2,(H,24,27)(H,25,31)(H,29,30). The number of anilines is 1. The molecule has 8 nitrogen and oxygen atoms in total. The molecule has 9 heteroatoms. The van der Waals surface area contributed by atoms with Crippen molar-refractivity contribution in [2.24, 2.45) is 0 Å². The molecule has 1 fully saturated rings. The lowest BCUT2D eigenvalue weighted by Gasteiger charge is -2.11. The quantitative estimate of drug-likeness (QED) is 0.394. The van der Waals surface area contributed by atoms with E-state index in [4.69, 9.17) is 5.11 Å². The summed E-state index contributed by atoms with van der Waals surface area (Å²) in [5.41, 5.74) is 1.69. The Morgan fingerprint density at radius 2 is 1.72 bits per heavy atom. The van der Waals surface area contributed by atoms with Crippen LogP contribution in [0.25, 0.3) is 16.5 Å². The van der Waals surface area contributed by atoms with Gasteiger partial charge in [0.1, 0.15) is 12.2 Å². The van der Waals surface area contributed by atoms with E-state index in [1.807, 2.05) is 12.1 Å². The molecule has 160 valence electrons. The van der Waals surface area contributed by atoms with E-state index in [-0.39, 0.29) is 11.3 Å². The molecule has 0 unspecified atom stereocenters. The topological polar surface area (TPSA) is 116 Å². The largest absolute Gasteiger partial charge is 0.478 e.